The first kappa shape index (κ1) is 27.2. The first-order valence-electron chi connectivity index (χ1n) is 13.9. The van der Waals surface area contributed by atoms with Crippen LogP contribution < -0.4 is 4.57 Å². The van der Waals surface area contributed by atoms with E-state index in [9.17, 15) is 0 Å². The summed E-state index contributed by atoms with van der Waals surface area (Å²) >= 11 is 0. The van der Waals surface area contributed by atoms with E-state index in [0.717, 1.165) is 12.5 Å². The van der Waals surface area contributed by atoms with Crippen LogP contribution in [0.15, 0.2) is 12.4 Å². The van der Waals surface area contributed by atoms with E-state index in [1.807, 2.05) is 0 Å². The summed E-state index contributed by atoms with van der Waals surface area (Å²) in [5.41, 5.74) is 0. The van der Waals surface area contributed by atoms with Gasteiger partial charge >= 0.3 is 0 Å². The van der Waals surface area contributed by atoms with Gasteiger partial charge in [-0.3, -0.25) is 0 Å². The smallest absolute Gasteiger partial charge is 0.247 e. The van der Waals surface area contributed by atoms with E-state index < -0.39 is 0 Å². The number of rotatable bonds is 22. The molecule has 1 heterocycles. The summed E-state index contributed by atoms with van der Waals surface area (Å²) in [6.45, 7) is 8.06. The van der Waals surface area contributed by atoms with Crippen molar-refractivity contribution >= 4 is 0 Å². The van der Waals surface area contributed by atoms with Crippen molar-refractivity contribution in [3.63, 3.8) is 0 Å². The summed E-state index contributed by atoms with van der Waals surface area (Å²) in [5.74, 6) is 2.23. The van der Waals surface area contributed by atoms with Crippen molar-refractivity contribution in [3.8, 4) is 0 Å². The Morgan fingerprint density at radius 1 is 0.600 bits per heavy atom. The minimum absolute atomic E-state index is 0.733. The Labute approximate surface area is 189 Å². The molecule has 2 heteroatoms. The Kier molecular flexibility index (Phi) is 18.3. The highest BCUT2D eigenvalue weighted by Crippen LogP contribution is 2.26. The average molecular weight is 420 g/mol. The van der Waals surface area contributed by atoms with Gasteiger partial charge in [0, 0.05) is 0 Å². The van der Waals surface area contributed by atoms with E-state index in [0.29, 0.717) is 0 Å². The molecule has 1 rings (SSSR count). The van der Waals surface area contributed by atoms with Gasteiger partial charge < -0.3 is 0 Å². The van der Waals surface area contributed by atoms with E-state index in [4.69, 9.17) is 0 Å². The first-order valence-corrected chi connectivity index (χ1v) is 13.9. The topological polar surface area (TPSA) is 19.7 Å². The summed E-state index contributed by atoms with van der Waals surface area (Å²) in [6, 6.07) is 0. The maximum atomic E-state index is 3.61. The van der Waals surface area contributed by atoms with Gasteiger partial charge in [0.25, 0.3) is 5.82 Å². The fraction of sp³-hybridized carbons (Fsp3) is 0.893. The van der Waals surface area contributed by atoms with E-state index >= 15 is 0 Å². The van der Waals surface area contributed by atoms with Gasteiger partial charge in [0.1, 0.15) is 12.4 Å². The monoisotopic (exact) mass is 419 g/mol. The highest BCUT2D eigenvalue weighted by Gasteiger charge is 2.22. The van der Waals surface area contributed by atoms with Crippen molar-refractivity contribution in [1.82, 2.24) is 4.98 Å². The van der Waals surface area contributed by atoms with Crippen molar-refractivity contribution in [2.45, 2.75) is 162 Å². The highest BCUT2D eigenvalue weighted by molar-refractivity contribution is 4.90. The number of nitrogens with one attached hydrogen (secondary N) is 1. The van der Waals surface area contributed by atoms with Gasteiger partial charge in [0.05, 0.1) is 12.5 Å². The average Bonchev–Trinajstić information content (AvgIpc) is 3.21. The second-order valence-corrected chi connectivity index (χ2v) is 9.62. The normalized spacial score (nSPS) is 12.5. The molecule has 0 aliphatic carbocycles. The molecule has 0 radical (unpaired) electrons. The van der Waals surface area contributed by atoms with Gasteiger partial charge in [-0.05, 0) is 19.3 Å². The third-order valence-corrected chi connectivity index (χ3v) is 6.71. The van der Waals surface area contributed by atoms with E-state index in [1.165, 1.54) is 134 Å². The molecule has 176 valence electrons. The summed E-state index contributed by atoms with van der Waals surface area (Å²) in [5, 5.41) is 0. The summed E-state index contributed by atoms with van der Waals surface area (Å²) in [6.07, 6.45) is 32.6. The number of aromatic amines is 1. The quantitative estimate of drug-likeness (QED) is 0.143. The van der Waals surface area contributed by atoms with Crippen molar-refractivity contribution in [3.05, 3.63) is 18.2 Å². The van der Waals surface area contributed by atoms with Crippen LogP contribution in [0.25, 0.3) is 0 Å². The van der Waals surface area contributed by atoms with Gasteiger partial charge in [-0.25, -0.2) is 9.55 Å². The van der Waals surface area contributed by atoms with Crippen LogP contribution in [0.4, 0.5) is 0 Å². The predicted octanol–water partition coefficient (Wildman–Crippen LogP) is 9.25. The zero-order valence-electron chi connectivity index (χ0n) is 21.0. The van der Waals surface area contributed by atoms with Gasteiger partial charge in [-0.15, -0.1) is 0 Å². The minimum atomic E-state index is 0.733. The van der Waals surface area contributed by atoms with Crippen LogP contribution in [0.3, 0.4) is 0 Å². The zero-order valence-corrected chi connectivity index (χ0v) is 21.0. The van der Waals surface area contributed by atoms with Crippen molar-refractivity contribution < 1.29 is 4.57 Å². The van der Waals surface area contributed by atoms with Gasteiger partial charge in [-0.2, -0.15) is 0 Å². The van der Waals surface area contributed by atoms with E-state index in [2.05, 4.69) is 42.7 Å². The molecule has 0 aliphatic rings. The molecule has 30 heavy (non-hydrogen) atoms. The van der Waals surface area contributed by atoms with Crippen LogP contribution in [-0.2, 0) is 6.54 Å². The number of imidazole rings is 1. The Hall–Kier alpha value is -0.790. The second kappa shape index (κ2) is 20.1. The summed E-state index contributed by atoms with van der Waals surface area (Å²) in [4.78, 5) is 3.61. The molecule has 0 aliphatic heterocycles. The lowest BCUT2D eigenvalue weighted by atomic mass is 9.93. The number of aryl methyl sites for hydroxylation is 1. The van der Waals surface area contributed by atoms with Crippen LogP contribution in [-0.4, -0.2) is 4.98 Å². The molecular formula is C28H55N2+. The Morgan fingerprint density at radius 2 is 1.03 bits per heavy atom. The molecule has 2 nitrogen and oxygen atoms in total. The number of nitrogens with zero attached hydrogens (tertiary/aromatic N) is 1. The van der Waals surface area contributed by atoms with Gasteiger partial charge in [0.15, 0.2) is 0 Å². The molecule has 0 fully saturated rings. The Bertz CT molecular complexity index is 465. The number of hydrogen-bond acceptors (Lipinski definition) is 0. The zero-order chi connectivity index (χ0) is 21.7. The third kappa shape index (κ3) is 13.5. The lowest BCUT2D eigenvalue weighted by Crippen LogP contribution is -2.37. The van der Waals surface area contributed by atoms with Crippen LogP contribution in [0, 0.1) is 0 Å². The number of H-pyrrole nitrogens is 1. The number of hydrogen-bond donors (Lipinski definition) is 1. The summed E-state index contributed by atoms with van der Waals surface area (Å²) < 4.78 is 2.49. The largest absolute Gasteiger partial charge is 0.257 e. The first-order chi connectivity index (χ1) is 14.8. The minimum Gasteiger partial charge on any atom is -0.247 e. The van der Waals surface area contributed by atoms with Crippen molar-refractivity contribution in [1.29, 1.82) is 0 Å². The molecule has 0 amide bonds. The standard InChI is InChI=1S/C28H54N2/c1-4-7-9-11-13-14-15-17-19-21-23-27(22-20-18-16-12-10-8-5-2)28-29-24-26-30(28)25-6-3/h24,26-27H,4-23,25H2,1-3H3/p+1/t27-/m0/s1. The van der Waals surface area contributed by atoms with Crippen LogP contribution >= 0.6 is 0 Å². The van der Waals surface area contributed by atoms with Crippen molar-refractivity contribution in [2.75, 3.05) is 0 Å². The molecule has 1 atom stereocenters. The van der Waals surface area contributed by atoms with Crippen LogP contribution in [0.5, 0.6) is 0 Å². The molecule has 0 saturated carbocycles. The Morgan fingerprint density at radius 3 is 1.47 bits per heavy atom. The van der Waals surface area contributed by atoms with Crippen LogP contribution in [0.1, 0.15) is 161 Å². The third-order valence-electron chi connectivity index (χ3n) is 6.71. The maximum Gasteiger partial charge on any atom is 0.257 e. The lowest BCUT2D eigenvalue weighted by Gasteiger charge is -2.14. The molecule has 0 saturated heterocycles. The fourth-order valence-electron chi connectivity index (χ4n) is 4.81. The van der Waals surface area contributed by atoms with E-state index in [1.54, 1.807) is 0 Å². The molecule has 0 bridgehead atoms. The molecular weight excluding hydrogens is 364 g/mol. The Balaban J connectivity index is 2.27. The fourth-order valence-corrected chi connectivity index (χ4v) is 4.81. The highest BCUT2D eigenvalue weighted by atomic mass is 15.1. The SMILES string of the molecule is CCCCCCCCCCCC[C@H](CCCCCCCCC)c1[nH]cc[n+]1CCC. The van der Waals surface area contributed by atoms with Gasteiger partial charge in [-0.1, -0.05) is 130 Å². The van der Waals surface area contributed by atoms with E-state index in [-0.39, 0.29) is 0 Å². The molecule has 1 aromatic heterocycles. The van der Waals surface area contributed by atoms with Crippen LogP contribution in [0.2, 0.25) is 0 Å². The number of aromatic nitrogens is 2. The molecule has 0 unspecified atom stereocenters. The molecule has 1 aromatic rings. The van der Waals surface area contributed by atoms with Gasteiger partial charge in [0.2, 0.25) is 0 Å². The molecule has 1 N–H and O–H groups in total. The summed E-state index contributed by atoms with van der Waals surface area (Å²) in [7, 11) is 0. The number of unbranched alkanes of at least 4 members (excludes halogenated alkanes) is 15. The molecule has 0 spiro atoms. The lowest BCUT2D eigenvalue weighted by molar-refractivity contribution is -0.704. The molecule has 0 aromatic carbocycles. The maximum absolute atomic E-state index is 3.61. The van der Waals surface area contributed by atoms with Crippen molar-refractivity contribution in [2.24, 2.45) is 0 Å². The second-order valence-electron chi connectivity index (χ2n) is 9.62. The predicted molar refractivity (Wildman–Crippen MR) is 133 cm³/mol.